The summed E-state index contributed by atoms with van der Waals surface area (Å²) >= 11 is 3.38. The van der Waals surface area contributed by atoms with E-state index in [0.717, 1.165) is 10.0 Å². The minimum absolute atomic E-state index is 0.00151. The fraction of sp³-hybridized carbons (Fsp3) is 0.222. The van der Waals surface area contributed by atoms with Gasteiger partial charge in [-0.05, 0) is 24.6 Å². The molecule has 1 aliphatic rings. The number of nitriles is 1. The van der Waals surface area contributed by atoms with Crippen LogP contribution in [0.2, 0.25) is 0 Å². The maximum Gasteiger partial charge on any atom is 0.258 e. The normalized spacial score (nSPS) is 16.2. The molecule has 0 aliphatic carbocycles. The molecule has 3 rings (SSSR count). The van der Waals surface area contributed by atoms with Gasteiger partial charge in [-0.2, -0.15) is 5.26 Å². The highest BCUT2D eigenvalue weighted by Gasteiger charge is 2.34. The molecule has 1 aliphatic heterocycles. The van der Waals surface area contributed by atoms with Gasteiger partial charge in [0.15, 0.2) is 0 Å². The summed E-state index contributed by atoms with van der Waals surface area (Å²) in [6.07, 6.45) is 0. The van der Waals surface area contributed by atoms with Crippen molar-refractivity contribution in [3.63, 3.8) is 0 Å². The number of aromatic nitrogens is 1. The lowest BCUT2D eigenvalue weighted by molar-refractivity contribution is 0.272. The van der Waals surface area contributed by atoms with Crippen molar-refractivity contribution in [1.29, 1.82) is 5.26 Å². The number of fused-ring (bicyclic) bond motifs is 1. The van der Waals surface area contributed by atoms with E-state index in [4.69, 9.17) is 10.5 Å². The minimum atomic E-state index is -0.611. The molecule has 0 saturated heterocycles. The minimum Gasteiger partial charge on any atom is -0.440 e. The van der Waals surface area contributed by atoms with E-state index in [9.17, 15) is 15.2 Å². The lowest BCUT2D eigenvalue weighted by Gasteiger charge is -2.27. The molecule has 0 bridgehead atoms. The maximum absolute atomic E-state index is 13.0. The summed E-state index contributed by atoms with van der Waals surface area (Å²) in [5.41, 5.74) is 7.62. The number of hydrogen-bond acceptors (Lipinski definition) is 5. The summed E-state index contributed by atoms with van der Waals surface area (Å²) in [4.78, 5) is 13.0. The molecule has 3 N–H and O–H groups in total. The largest absolute Gasteiger partial charge is 0.440 e. The summed E-state index contributed by atoms with van der Waals surface area (Å²) in [5.74, 6) is -0.261. The Labute approximate surface area is 152 Å². The molecular formula is C18H16BrN3O3. The van der Waals surface area contributed by atoms with E-state index in [1.54, 1.807) is 13.0 Å². The molecule has 0 spiro atoms. The standard InChI is InChI=1S/C18H16BrN3O3/c1-10-8-14-16(18(24)22(10)6-7-23)15(13(9-20)17(21)25-14)11-2-4-12(19)5-3-11/h2-5,8,15,23H,6-7,21H2,1H3/t15-/m1/s1. The maximum atomic E-state index is 13.0. The van der Waals surface area contributed by atoms with Gasteiger partial charge >= 0.3 is 0 Å². The van der Waals surface area contributed by atoms with Gasteiger partial charge in [-0.25, -0.2) is 0 Å². The highest BCUT2D eigenvalue weighted by Crippen LogP contribution is 2.40. The number of nitrogens with zero attached hydrogens (tertiary/aromatic N) is 2. The number of benzene rings is 1. The molecule has 0 saturated carbocycles. The monoisotopic (exact) mass is 401 g/mol. The summed E-state index contributed by atoms with van der Waals surface area (Å²) in [7, 11) is 0. The Morgan fingerprint density at radius 1 is 1.40 bits per heavy atom. The molecule has 1 atom stereocenters. The number of ether oxygens (including phenoxy) is 1. The molecule has 0 unspecified atom stereocenters. The summed E-state index contributed by atoms with van der Waals surface area (Å²) in [6, 6.07) is 11.1. The third kappa shape index (κ3) is 2.95. The van der Waals surface area contributed by atoms with Crippen molar-refractivity contribution >= 4 is 15.9 Å². The third-order valence-corrected chi connectivity index (χ3v) is 4.75. The van der Waals surface area contributed by atoms with Crippen LogP contribution in [0.3, 0.4) is 0 Å². The van der Waals surface area contributed by atoms with Crippen LogP contribution in [0.15, 0.2) is 51.1 Å². The Morgan fingerprint density at radius 2 is 2.08 bits per heavy atom. The number of aliphatic hydroxyl groups excluding tert-OH is 1. The first-order valence-corrected chi connectivity index (χ1v) is 8.45. The Balaban J connectivity index is 2.30. The van der Waals surface area contributed by atoms with Gasteiger partial charge in [0.1, 0.15) is 17.4 Å². The van der Waals surface area contributed by atoms with E-state index in [0.29, 0.717) is 17.0 Å². The van der Waals surface area contributed by atoms with Crippen LogP contribution in [0.25, 0.3) is 0 Å². The Bertz CT molecular complexity index is 955. The molecule has 0 fully saturated rings. The number of rotatable bonds is 3. The van der Waals surface area contributed by atoms with Gasteiger partial charge in [0.25, 0.3) is 5.56 Å². The number of nitrogens with two attached hydrogens (primary N) is 1. The molecule has 7 heteroatoms. The van der Waals surface area contributed by atoms with Gasteiger partial charge in [-0.1, -0.05) is 28.1 Å². The van der Waals surface area contributed by atoms with Crippen LogP contribution in [0.5, 0.6) is 5.75 Å². The summed E-state index contributed by atoms with van der Waals surface area (Å²) in [5, 5.41) is 18.8. The van der Waals surface area contributed by atoms with E-state index in [1.165, 1.54) is 4.57 Å². The van der Waals surface area contributed by atoms with E-state index in [-0.39, 0.29) is 30.2 Å². The predicted octanol–water partition coefficient (Wildman–Crippen LogP) is 2.13. The topological polar surface area (TPSA) is 101 Å². The third-order valence-electron chi connectivity index (χ3n) is 4.22. The van der Waals surface area contributed by atoms with Crippen LogP contribution in [0, 0.1) is 18.3 Å². The zero-order valence-corrected chi connectivity index (χ0v) is 15.1. The van der Waals surface area contributed by atoms with Crippen LogP contribution in [0.4, 0.5) is 0 Å². The van der Waals surface area contributed by atoms with Crippen molar-refractivity contribution in [2.45, 2.75) is 19.4 Å². The first-order chi connectivity index (χ1) is 12.0. The number of pyridine rings is 1. The zero-order chi connectivity index (χ0) is 18.1. The van der Waals surface area contributed by atoms with Gasteiger partial charge in [-0.3, -0.25) is 4.79 Å². The lowest BCUT2D eigenvalue weighted by Crippen LogP contribution is -2.33. The van der Waals surface area contributed by atoms with Crippen LogP contribution < -0.4 is 16.0 Å². The second-order valence-electron chi connectivity index (χ2n) is 5.72. The van der Waals surface area contributed by atoms with Crippen molar-refractivity contribution in [1.82, 2.24) is 4.57 Å². The Kier molecular flexibility index (Phi) is 4.66. The van der Waals surface area contributed by atoms with E-state index in [2.05, 4.69) is 22.0 Å². The van der Waals surface area contributed by atoms with Crippen LogP contribution >= 0.6 is 15.9 Å². The quantitative estimate of drug-likeness (QED) is 0.819. The number of halogens is 1. The molecular weight excluding hydrogens is 386 g/mol. The van der Waals surface area contributed by atoms with Gasteiger partial charge in [0.2, 0.25) is 5.88 Å². The lowest BCUT2D eigenvalue weighted by atomic mass is 9.84. The fourth-order valence-corrected chi connectivity index (χ4v) is 3.32. The van der Waals surface area contributed by atoms with Gasteiger partial charge in [0, 0.05) is 22.8 Å². The molecule has 1 aromatic heterocycles. The predicted molar refractivity (Wildman–Crippen MR) is 96.0 cm³/mol. The first kappa shape index (κ1) is 17.3. The van der Waals surface area contributed by atoms with E-state index < -0.39 is 5.92 Å². The molecule has 2 aromatic rings. The molecule has 6 nitrogen and oxygen atoms in total. The molecule has 1 aromatic carbocycles. The van der Waals surface area contributed by atoms with Crippen LogP contribution in [-0.2, 0) is 6.54 Å². The second kappa shape index (κ2) is 6.75. The highest BCUT2D eigenvalue weighted by atomic mass is 79.9. The number of aliphatic hydroxyl groups is 1. The summed E-state index contributed by atoms with van der Waals surface area (Å²) < 4.78 is 7.92. The Hall–Kier alpha value is -2.56. The second-order valence-corrected chi connectivity index (χ2v) is 6.64. The van der Waals surface area contributed by atoms with E-state index >= 15 is 0 Å². The first-order valence-electron chi connectivity index (χ1n) is 7.66. The number of allylic oxidation sites excluding steroid dienone is 1. The van der Waals surface area contributed by atoms with Crippen molar-refractivity contribution < 1.29 is 9.84 Å². The van der Waals surface area contributed by atoms with Gasteiger partial charge in [-0.15, -0.1) is 0 Å². The van der Waals surface area contributed by atoms with Crippen LogP contribution in [0.1, 0.15) is 22.7 Å². The summed E-state index contributed by atoms with van der Waals surface area (Å²) in [6.45, 7) is 1.77. The molecule has 0 radical (unpaired) electrons. The average Bonchev–Trinajstić information content (AvgIpc) is 2.58. The zero-order valence-electron chi connectivity index (χ0n) is 13.5. The highest BCUT2D eigenvalue weighted by molar-refractivity contribution is 9.10. The molecule has 128 valence electrons. The molecule has 2 heterocycles. The van der Waals surface area contributed by atoms with Crippen LogP contribution in [-0.4, -0.2) is 16.3 Å². The molecule has 25 heavy (non-hydrogen) atoms. The number of hydrogen-bond donors (Lipinski definition) is 2. The van der Waals surface area contributed by atoms with Crippen molar-refractivity contribution in [2.75, 3.05) is 6.61 Å². The smallest absolute Gasteiger partial charge is 0.258 e. The van der Waals surface area contributed by atoms with Crippen molar-refractivity contribution in [2.24, 2.45) is 5.73 Å². The Morgan fingerprint density at radius 3 is 2.68 bits per heavy atom. The van der Waals surface area contributed by atoms with Crippen molar-refractivity contribution in [3.05, 3.63) is 73.4 Å². The van der Waals surface area contributed by atoms with Gasteiger partial charge in [0.05, 0.1) is 18.1 Å². The fourth-order valence-electron chi connectivity index (χ4n) is 3.05. The van der Waals surface area contributed by atoms with Gasteiger partial charge < -0.3 is 20.1 Å². The molecule has 0 amide bonds. The van der Waals surface area contributed by atoms with E-state index in [1.807, 2.05) is 24.3 Å². The number of aryl methyl sites for hydroxylation is 1. The average molecular weight is 402 g/mol. The SMILES string of the molecule is Cc1cc2c(c(=O)n1CCO)[C@H](c1ccc(Br)cc1)C(C#N)=C(N)O2. The van der Waals surface area contributed by atoms with Crippen molar-refractivity contribution in [3.8, 4) is 11.8 Å².